The summed E-state index contributed by atoms with van der Waals surface area (Å²) in [4.78, 5) is 14.6. The second-order valence-corrected chi connectivity index (χ2v) is 6.88. The minimum Gasteiger partial charge on any atom is -0.454 e. The van der Waals surface area contributed by atoms with Crippen molar-refractivity contribution >= 4 is 11.6 Å². The predicted molar refractivity (Wildman–Crippen MR) is 109 cm³/mol. The summed E-state index contributed by atoms with van der Waals surface area (Å²) in [6, 6.07) is 23.2. The second-order valence-electron chi connectivity index (χ2n) is 6.88. The van der Waals surface area contributed by atoms with E-state index in [1.165, 1.54) is 5.56 Å². The minimum atomic E-state index is -0.105. The average Bonchev–Trinajstić information content (AvgIpc) is 3.17. The molecule has 0 unspecified atom stereocenters. The van der Waals surface area contributed by atoms with Crippen LogP contribution in [0.2, 0.25) is 0 Å². The van der Waals surface area contributed by atoms with E-state index in [1.54, 1.807) is 0 Å². The number of para-hydroxylation sites is 1. The number of ether oxygens (including phenoxy) is 2. The van der Waals surface area contributed by atoms with E-state index in [9.17, 15) is 4.79 Å². The maximum absolute atomic E-state index is 12.3. The molecule has 0 spiro atoms. The Morgan fingerprint density at radius 1 is 0.893 bits per heavy atom. The van der Waals surface area contributed by atoms with Gasteiger partial charge >= 0.3 is 0 Å². The number of amides is 1. The molecule has 5 nitrogen and oxygen atoms in total. The van der Waals surface area contributed by atoms with Crippen LogP contribution in [0.5, 0.6) is 11.5 Å². The molecule has 5 heteroatoms. The Balaban J connectivity index is 1.34. The summed E-state index contributed by atoms with van der Waals surface area (Å²) in [6.45, 7) is 1.88. The highest BCUT2D eigenvalue weighted by Gasteiger charge is 2.14. The molecule has 142 valence electrons. The van der Waals surface area contributed by atoms with Gasteiger partial charge in [0.1, 0.15) is 0 Å². The van der Waals surface area contributed by atoms with E-state index in [0.29, 0.717) is 12.4 Å². The van der Waals surface area contributed by atoms with Crippen molar-refractivity contribution in [3.63, 3.8) is 0 Å². The monoisotopic (exact) mass is 374 g/mol. The van der Waals surface area contributed by atoms with E-state index >= 15 is 0 Å². The molecule has 3 aromatic rings. The zero-order valence-corrected chi connectivity index (χ0v) is 15.7. The molecule has 0 aliphatic carbocycles. The lowest BCUT2D eigenvalue weighted by molar-refractivity contribution is 0.102. The van der Waals surface area contributed by atoms with Crippen molar-refractivity contribution in [3.05, 3.63) is 89.5 Å². The molecule has 1 heterocycles. The Morgan fingerprint density at radius 3 is 2.36 bits per heavy atom. The van der Waals surface area contributed by atoms with E-state index in [-0.39, 0.29) is 5.91 Å². The maximum Gasteiger partial charge on any atom is 0.255 e. The smallest absolute Gasteiger partial charge is 0.255 e. The van der Waals surface area contributed by atoms with Gasteiger partial charge in [0.2, 0.25) is 6.79 Å². The fourth-order valence-corrected chi connectivity index (χ4v) is 3.20. The third-order valence-corrected chi connectivity index (χ3v) is 4.59. The van der Waals surface area contributed by atoms with Gasteiger partial charge < -0.3 is 14.8 Å². The van der Waals surface area contributed by atoms with Crippen molar-refractivity contribution in [2.24, 2.45) is 0 Å². The molecular weight excluding hydrogens is 352 g/mol. The Labute approximate surface area is 164 Å². The number of carbonyl (C=O) groups excluding carboxylic acids is 1. The molecule has 0 radical (unpaired) electrons. The molecule has 0 atom stereocenters. The first-order valence-corrected chi connectivity index (χ1v) is 9.20. The van der Waals surface area contributed by atoms with Gasteiger partial charge in [-0.15, -0.1) is 0 Å². The molecule has 3 aromatic carbocycles. The van der Waals surface area contributed by atoms with Gasteiger partial charge in [-0.3, -0.25) is 9.69 Å². The third kappa shape index (κ3) is 4.32. The van der Waals surface area contributed by atoms with Crippen molar-refractivity contribution in [3.8, 4) is 11.5 Å². The molecule has 1 N–H and O–H groups in total. The van der Waals surface area contributed by atoms with Crippen molar-refractivity contribution < 1.29 is 14.3 Å². The SMILES string of the molecule is CN(Cc1ccc(C(=O)Nc2ccccc2)cc1)Cc1ccc2c(c1)OCO2. The molecule has 1 aliphatic heterocycles. The molecule has 0 saturated carbocycles. The number of hydrogen-bond acceptors (Lipinski definition) is 4. The quantitative estimate of drug-likeness (QED) is 0.699. The van der Waals surface area contributed by atoms with Crippen LogP contribution in [0.1, 0.15) is 21.5 Å². The summed E-state index contributed by atoms with van der Waals surface area (Å²) in [5.41, 5.74) is 3.76. The van der Waals surface area contributed by atoms with Crippen LogP contribution in [0.15, 0.2) is 72.8 Å². The Bertz CT molecular complexity index is 955. The predicted octanol–water partition coefficient (Wildman–Crippen LogP) is 4.30. The summed E-state index contributed by atoms with van der Waals surface area (Å²) in [7, 11) is 2.07. The number of nitrogens with zero attached hydrogens (tertiary/aromatic N) is 1. The highest BCUT2D eigenvalue weighted by Crippen LogP contribution is 2.32. The van der Waals surface area contributed by atoms with E-state index in [0.717, 1.165) is 35.8 Å². The molecule has 1 aliphatic rings. The summed E-state index contributed by atoms with van der Waals surface area (Å²) < 4.78 is 10.8. The molecule has 0 bridgehead atoms. The lowest BCUT2D eigenvalue weighted by atomic mass is 10.1. The number of carbonyl (C=O) groups is 1. The van der Waals surface area contributed by atoms with Gasteiger partial charge in [0, 0.05) is 24.3 Å². The van der Waals surface area contributed by atoms with Gasteiger partial charge in [0.05, 0.1) is 0 Å². The molecular formula is C23H22N2O3. The van der Waals surface area contributed by atoms with Crippen LogP contribution in [0, 0.1) is 0 Å². The number of nitrogens with one attached hydrogen (secondary N) is 1. The van der Waals surface area contributed by atoms with Crippen molar-refractivity contribution in [1.29, 1.82) is 0 Å². The fourth-order valence-electron chi connectivity index (χ4n) is 3.20. The van der Waals surface area contributed by atoms with Crippen molar-refractivity contribution in [2.75, 3.05) is 19.2 Å². The molecule has 28 heavy (non-hydrogen) atoms. The van der Waals surface area contributed by atoms with Gasteiger partial charge in [0.15, 0.2) is 11.5 Å². The summed E-state index contributed by atoms with van der Waals surface area (Å²) >= 11 is 0. The molecule has 4 rings (SSSR count). The first-order valence-electron chi connectivity index (χ1n) is 9.20. The van der Waals surface area contributed by atoms with E-state index < -0.39 is 0 Å². The van der Waals surface area contributed by atoms with Crippen molar-refractivity contribution in [2.45, 2.75) is 13.1 Å². The largest absolute Gasteiger partial charge is 0.454 e. The molecule has 0 fully saturated rings. The van der Waals surface area contributed by atoms with Gasteiger partial charge in [-0.2, -0.15) is 0 Å². The highest BCUT2D eigenvalue weighted by atomic mass is 16.7. The van der Waals surface area contributed by atoms with Crippen LogP contribution < -0.4 is 14.8 Å². The first-order chi connectivity index (χ1) is 13.7. The fraction of sp³-hybridized carbons (Fsp3) is 0.174. The Kier molecular flexibility index (Phi) is 5.26. The van der Waals surface area contributed by atoms with Crippen LogP contribution in [0.25, 0.3) is 0 Å². The van der Waals surface area contributed by atoms with Crippen LogP contribution in [-0.2, 0) is 13.1 Å². The van der Waals surface area contributed by atoms with E-state index in [1.807, 2.05) is 66.7 Å². The van der Waals surface area contributed by atoms with Crippen LogP contribution in [-0.4, -0.2) is 24.6 Å². The van der Waals surface area contributed by atoms with Gasteiger partial charge in [0.25, 0.3) is 5.91 Å². The standard InChI is InChI=1S/C23H22N2O3/c1-25(15-18-9-12-21-22(13-18)28-16-27-21)14-17-7-10-19(11-8-17)23(26)24-20-5-3-2-4-6-20/h2-13H,14-16H2,1H3,(H,24,26). The molecule has 1 amide bonds. The number of hydrogen-bond donors (Lipinski definition) is 1. The van der Waals surface area contributed by atoms with Gasteiger partial charge in [-0.25, -0.2) is 0 Å². The Morgan fingerprint density at radius 2 is 1.57 bits per heavy atom. The lowest BCUT2D eigenvalue weighted by Gasteiger charge is -2.17. The van der Waals surface area contributed by atoms with Gasteiger partial charge in [-0.05, 0) is 54.6 Å². The minimum absolute atomic E-state index is 0.105. The summed E-state index contributed by atoms with van der Waals surface area (Å²) in [5.74, 6) is 1.50. The number of anilines is 1. The summed E-state index contributed by atoms with van der Waals surface area (Å²) in [5, 5.41) is 2.90. The van der Waals surface area contributed by atoms with Crippen LogP contribution in [0.3, 0.4) is 0 Å². The lowest BCUT2D eigenvalue weighted by Crippen LogP contribution is -2.17. The topological polar surface area (TPSA) is 50.8 Å². The Hall–Kier alpha value is -3.31. The maximum atomic E-state index is 12.3. The zero-order valence-electron chi connectivity index (χ0n) is 15.7. The van der Waals surface area contributed by atoms with Gasteiger partial charge in [-0.1, -0.05) is 36.4 Å². The highest BCUT2D eigenvalue weighted by molar-refractivity contribution is 6.04. The van der Waals surface area contributed by atoms with Crippen molar-refractivity contribution in [1.82, 2.24) is 4.90 Å². The molecule has 0 saturated heterocycles. The van der Waals surface area contributed by atoms with E-state index in [2.05, 4.69) is 23.3 Å². The number of benzene rings is 3. The van der Waals surface area contributed by atoms with Crippen LogP contribution in [0.4, 0.5) is 5.69 Å². The first kappa shape index (κ1) is 18.1. The zero-order chi connectivity index (χ0) is 19.3. The molecule has 0 aromatic heterocycles. The number of rotatable bonds is 6. The third-order valence-electron chi connectivity index (χ3n) is 4.59. The normalized spacial score (nSPS) is 12.2. The number of fused-ring (bicyclic) bond motifs is 1. The summed E-state index contributed by atoms with van der Waals surface area (Å²) in [6.07, 6.45) is 0. The van der Waals surface area contributed by atoms with E-state index in [4.69, 9.17) is 9.47 Å². The van der Waals surface area contributed by atoms with Crippen LogP contribution >= 0.6 is 0 Å². The second kappa shape index (κ2) is 8.15. The average molecular weight is 374 g/mol.